The van der Waals surface area contributed by atoms with E-state index in [1.807, 2.05) is 13.8 Å². The van der Waals surface area contributed by atoms with Crippen LogP contribution in [0.15, 0.2) is 29.1 Å². The third-order valence-corrected chi connectivity index (χ3v) is 6.07. The van der Waals surface area contributed by atoms with E-state index in [9.17, 15) is 9.59 Å². The van der Waals surface area contributed by atoms with E-state index >= 15 is 0 Å². The van der Waals surface area contributed by atoms with Crippen molar-refractivity contribution in [3.8, 4) is 5.75 Å². The minimum atomic E-state index is -0.383. The highest BCUT2D eigenvalue weighted by atomic mass is 32.1. The molecule has 7 nitrogen and oxygen atoms in total. The number of esters is 1. The molecule has 0 N–H and O–H groups in total. The number of aryl methyl sites for hydroxylation is 2. The second kappa shape index (κ2) is 9.86. The molecule has 0 saturated carbocycles. The van der Waals surface area contributed by atoms with Crippen LogP contribution in [0.1, 0.15) is 33.0 Å². The zero-order valence-corrected chi connectivity index (χ0v) is 18.5. The molecule has 8 heteroatoms. The number of nitrogens with zero attached hydrogens (tertiary/aromatic N) is 2. The lowest BCUT2D eigenvalue weighted by Gasteiger charge is -2.13. The van der Waals surface area contributed by atoms with Crippen LogP contribution >= 0.6 is 11.3 Å². The van der Waals surface area contributed by atoms with Gasteiger partial charge in [-0.15, -0.1) is 11.3 Å². The van der Waals surface area contributed by atoms with Crippen LogP contribution < -0.4 is 10.3 Å². The summed E-state index contributed by atoms with van der Waals surface area (Å²) in [5.41, 5.74) is 1.47. The Bertz CT molecular complexity index is 1090. The Balaban J connectivity index is 1.71. The summed E-state index contributed by atoms with van der Waals surface area (Å²) < 4.78 is 17.4. The number of benzene rings is 1. The fraction of sp³-hybridized carbons (Fsp3) is 0.409. The molecule has 0 saturated heterocycles. The first-order valence-electron chi connectivity index (χ1n) is 9.75. The highest BCUT2D eigenvalue weighted by Gasteiger charge is 2.16. The van der Waals surface area contributed by atoms with Gasteiger partial charge in [-0.05, 0) is 50.1 Å². The van der Waals surface area contributed by atoms with Gasteiger partial charge in [0.15, 0.2) is 0 Å². The Morgan fingerprint density at radius 1 is 1.13 bits per heavy atom. The molecule has 0 aliphatic rings. The van der Waals surface area contributed by atoms with E-state index in [0.717, 1.165) is 21.1 Å². The van der Waals surface area contributed by atoms with Crippen LogP contribution in [-0.2, 0) is 22.4 Å². The fourth-order valence-electron chi connectivity index (χ4n) is 3.20. The third-order valence-electron chi connectivity index (χ3n) is 4.97. The van der Waals surface area contributed by atoms with Crippen molar-refractivity contribution in [2.75, 3.05) is 27.4 Å². The summed E-state index contributed by atoms with van der Waals surface area (Å²) in [7, 11) is 2.99. The third kappa shape index (κ3) is 4.71. The van der Waals surface area contributed by atoms with Gasteiger partial charge >= 0.3 is 5.97 Å². The molecular weight excluding hydrogens is 404 g/mol. The number of carbonyl (C=O) groups is 1. The molecule has 2 heterocycles. The maximum absolute atomic E-state index is 13.1. The van der Waals surface area contributed by atoms with Gasteiger partial charge in [-0.3, -0.25) is 9.36 Å². The van der Waals surface area contributed by atoms with Crippen LogP contribution in [0.5, 0.6) is 5.75 Å². The predicted molar refractivity (Wildman–Crippen MR) is 117 cm³/mol. The van der Waals surface area contributed by atoms with Gasteiger partial charge in [0, 0.05) is 25.0 Å². The molecule has 0 atom stereocenters. The monoisotopic (exact) mass is 430 g/mol. The van der Waals surface area contributed by atoms with Crippen molar-refractivity contribution in [2.45, 2.75) is 33.2 Å². The number of hydrogen-bond acceptors (Lipinski definition) is 7. The van der Waals surface area contributed by atoms with Crippen molar-refractivity contribution in [3.05, 3.63) is 56.4 Å². The first-order chi connectivity index (χ1) is 14.5. The molecule has 3 rings (SSSR count). The van der Waals surface area contributed by atoms with Crippen molar-refractivity contribution in [3.63, 3.8) is 0 Å². The number of aromatic nitrogens is 2. The number of methoxy groups -OCH3 is 2. The minimum Gasteiger partial charge on any atom is -0.494 e. The molecule has 30 heavy (non-hydrogen) atoms. The summed E-state index contributed by atoms with van der Waals surface area (Å²) in [6.07, 6.45) is 1.22. The molecule has 0 unspecified atom stereocenters. The van der Waals surface area contributed by atoms with Crippen LogP contribution in [0.2, 0.25) is 0 Å². The van der Waals surface area contributed by atoms with Crippen LogP contribution in [0.4, 0.5) is 0 Å². The molecule has 3 aromatic rings. The summed E-state index contributed by atoms with van der Waals surface area (Å²) in [4.78, 5) is 31.3. The molecule has 0 radical (unpaired) electrons. The molecule has 0 fully saturated rings. The van der Waals surface area contributed by atoms with Crippen molar-refractivity contribution >= 4 is 27.5 Å². The maximum Gasteiger partial charge on any atom is 0.337 e. The minimum absolute atomic E-state index is 0.00427. The van der Waals surface area contributed by atoms with Gasteiger partial charge in [-0.2, -0.15) is 0 Å². The van der Waals surface area contributed by atoms with E-state index in [0.29, 0.717) is 49.3 Å². The Labute approximate surface area is 179 Å². The number of thiophene rings is 1. The van der Waals surface area contributed by atoms with E-state index in [2.05, 4.69) is 4.74 Å². The SMILES string of the molecule is COCCc1nc2sc(C)c(C)c2c(=O)n1CCCOc1ccc(C(=O)OC)cc1. The topological polar surface area (TPSA) is 79.6 Å². The number of ether oxygens (including phenoxy) is 3. The number of rotatable bonds is 9. The van der Waals surface area contributed by atoms with Crippen LogP contribution in [0.25, 0.3) is 10.2 Å². The van der Waals surface area contributed by atoms with Gasteiger partial charge in [0.05, 0.1) is 31.3 Å². The first kappa shape index (κ1) is 22.0. The summed E-state index contributed by atoms with van der Waals surface area (Å²) >= 11 is 1.56. The Morgan fingerprint density at radius 2 is 1.87 bits per heavy atom. The fourth-order valence-corrected chi connectivity index (χ4v) is 4.24. The Kier molecular flexibility index (Phi) is 7.23. The van der Waals surface area contributed by atoms with Gasteiger partial charge in [0.1, 0.15) is 16.4 Å². The van der Waals surface area contributed by atoms with Gasteiger partial charge in [-0.25, -0.2) is 9.78 Å². The summed E-state index contributed by atoms with van der Waals surface area (Å²) in [5.74, 6) is 1.01. The van der Waals surface area contributed by atoms with Crippen molar-refractivity contribution in [1.29, 1.82) is 0 Å². The smallest absolute Gasteiger partial charge is 0.337 e. The van der Waals surface area contributed by atoms with E-state index in [1.165, 1.54) is 7.11 Å². The molecule has 0 bridgehead atoms. The summed E-state index contributed by atoms with van der Waals surface area (Å²) in [6.45, 7) is 5.43. The lowest BCUT2D eigenvalue weighted by Crippen LogP contribution is -2.27. The van der Waals surface area contributed by atoms with Gasteiger partial charge in [-0.1, -0.05) is 0 Å². The maximum atomic E-state index is 13.1. The second-order valence-electron chi connectivity index (χ2n) is 6.91. The van der Waals surface area contributed by atoms with Crippen molar-refractivity contribution in [1.82, 2.24) is 9.55 Å². The average Bonchev–Trinajstić information content (AvgIpc) is 3.04. The van der Waals surface area contributed by atoms with Gasteiger partial charge < -0.3 is 14.2 Å². The average molecular weight is 431 g/mol. The first-order valence-corrected chi connectivity index (χ1v) is 10.6. The molecule has 2 aromatic heterocycles. The number of fused-ring (bicyclic) bond motifs is 1. The van der Waals surface area contributed by atoms with E-state index in [4.69, 9.17) is 14.5 Å². The molecule has 0 amide bonds. The normalized spacial score (nSPS) is 11.1. The highest BCUT2D eigenvalue weighted by Crippen LogP contribution is 2.26. The van der Waals surface area contributed by atoms with Crippen LogP contribution in [-0.4, -0.2) is 43.0 Å². The Hall–Kier alpha value is -2.71. The Morgan fingerprint density at radius 3 is 2.53 bits per heavy atom. The second-order valence-corrected chi connectivity index (χ2v) is 8.11. The van der Waals surface area contributed by atoms with Crippen LogP contribution in [0, 0.1) is 13.8 Å². The van der Waals surface area contributed by atoms with E-state index < -0.39 is 0 Å². The van der Waals surface area contributed by atoms with Crippen molar-refractivity contribution in [2.24, 2.45) is 0 Å². The lowest BCUT2D eigenvalue weighted by atomic mass is 10.2. The predicted octanol–water partition coefficient (Wildman–Crippen LogP) is 3.52. The molecule has 0 aliphatic carbocycles. The molecule has 0 spiro atoms. The number of hydrogen-bond donors (Lipinski definition) is 0. The quantitative estimate of drug-likeness (QED) is 0.382. The van der Waals surface area contributed by atoms with Gasteiger partial charge in [0.25, 0.3) is 5.56 Å². The van der Waals surface area contributed by atoms with Crippen molar-refractivity contribution < 1.29 is 19.0 Å². The molecule has 0 aliphatic heterocycles. The lowest BCUT2D eigenvalue weighted by molar-refractivity contribution is 0.0600. The standard InChI is InChI=1S/C22H26N2O5S/c1-14-15(2)30-20-19(14)21(25)24(18(23-20)10-13-27-3)11-5-12-29-17-8-6-16(7-9-17)22(26)28-4/h6-9H,5,10-13H2,1-4H3. The molecule has 160 valence electrons. The van der Waals surface area contributed by atoms with Crippen LogP contribution in [0.3, 0.4) is 0 Å². The van der Waals surface area contributed by atoms with E-state index in [1.54, 1.807) is 47.3 Å². The van der Waals surface area contributed by atoms with Gasteiger partial charge in [0.2, 0.25) is 0 Å². The zero-order chi connectivity index (χ0) is 21.7. The highest BCUT2D eigenvalue weighted by molar-refractivity contribution is 7.18. The number of carbonyl (C=O) groups excluding carboxylic acids is 1. The summed E-state index contributed by atoms with van der Waals surface area (Å²) in [5, 5.41) is 0.706. The molecular formula is C22H26N2O5S. The largest absolute Gasteiger partial charge is 0.494 e. The zero-order valence-electron chi connectivity index (χ0n) is 17.7. The molecule has 1 aromatic carbocycles. The summed E-state index contributed by atoms with van der Waals surface area (Å²) in [6, 6.07) is 6.78. The van der Waals surface area contributed by atoms with E-state index in [-0.39, 0.29) is 11.5 Å².